The van der Waals surface area contributed by atoms with E-state index >= 15 is 0 Å². The SMILES string of the molecule is Nc1c(OCc2cccc(Br)c2)ccc2cnccc12. The molecule has 3 rings (SSSR count). The lowest BCUT2D eigenvalue weighted by Gasteiger charge is -2.11. The maximum Gasteiger partial charge on any atom is 0.143 e. The van der Waals surface area contributed by atoms with E-state index in [-0.39, 0.29) is 0 Å². The minimum atomic E-state index is 0.486. The summed E-state index contributed by atoms with van der Waals surface area (Å²) in [6, 6.07) is 13.8. The summed E-state index contributed by atoms with van der Waals surface area (Å²) in [4.78, 5) is 4.09. The van der Waals surface area contributed by atoms with Crippen LogP contribution in [-0.4, -0.2) is 4.98 Å². The molecule has 0 amide bonds. The topological polar surface area (TPSA) is 48.1 Å². The van der Waals surface area contributed by atoms with Crippen molar-refractivity contribution in [3.63, 3.8) is 0 Å². The number of anilines is 1. The molecule has 4 heteroatoms. The molecule has 100 valence electrons. The number of nitrogen functional groups attached to an aromatic ring is 1. The summed E-state index contributed by atoms with van der Waals surface area (Å²) < 4.78 is 6.86. The van der Waals surface area contributed by atoms with Crippen molar-refractivity contribution in [1.29, 1.82) is 0 Å². The summed E-state index contributed by atoms with van der Waals surface area (Å²) in [5.74, 6) is 0.698. The monoisotopic (exact) mass is 328 g/mol. The van der Waals surface area contributed by atoms with Crippen molar-refractivity contribution >= 4 is 32.4 Å². The van der Waals surface area contributed by atoms with Gasteiger partial charge in [-0.1, -0.05) is 28.1 Å². The fourth-order valence-corrected chi connectivity index (χ4v) is 2.53. The lowest BCUT2D eigenvalue weighted by molar-refractivity contribution is 0.308. The molecule has 3 aromatic rings. The Kier molecular flexibility index (Phi) is 3.56. The third-order valence-electron chi connectivity index (χ3n) is 3.11. The molecule has 1 heterocycles. The standard InChI is InChI=1S/C16H13BrN2O/c17-13-3-1-2-11(8-13)10-20-15-5-4-12-9-19-7-6-14(12)16(15)18/h1-9H,10,18H2. The van der Waals surface area contributed by atoms with Crippen LogP contribution < -0.4 is 10.5 Å². The molecule has 0 atom stereocenters. The number of benzene rings is 2. The van der Waals surface area contributed by atoms with E-state index < -0.39 is 0 Å². The number of nitrogens with zero attached hydrogens (tertiary/aromatic N) is 1. The summed E-state index contributed by atoms with van der Waals surface area (Å²) in [7, 11) is 0. The van der Waals surface area contributed by atoms with Crippen LogP contribution in [0.15, 0.2) is 59.3 Å². The van der Waals surface area contributed by atoms with Crippen LogP contribution in [0.2, 0.25) is 0 Å². The third-order valence-corrected chi connectivity index (χ3v) is 3.60. The summed E-state index contributed by atoms with van der Waals surface area (Å²) in [5, 5.41) is 1.98. The van der Waals surface area contributed by atoms with Crippen LogP contribution in [0.5, 0.6) is 5.75 Å². The third kappa shape index (κ3) is 2.60. The highest BCUT2D eigenvalue weighted by Gasteiger charge is 2.06. The molecule has 0 aliphatic heterocycles. The average Bonchev–Trinajstić information content (AvgIpc) is 2.47. The van der Waals surface area contributed by atoms with Gasteiger partial charge in [0.2, 0.25) is 0 Å². The first-order valence-electron chi connectivity index (χ1n) is 6.23. The van der Waals surface area contributed by atoms with Crippen molar-refractivity contribution in [2.24, 2.45) is 0 Å². The number of nitrogens with two attached hydrogens (primary N) is 1. The van der Waals surface area contributed by atoms with Crippen LogP contribution in [0.1, 0.15) is 5.56 Å². The van der Waals surface area contributed by atoms with Gasteiger partial charge in [-0.2, -0.15) is 0 Å². The Bertz CT molecular complexity index is 758. The summed E-state index contributed by atoms with van der Waals surface area (Å²) in [6.07, 6.45) is 3.53. The van der Waals surface area contributed by atoms with Gasteiger partial charge in [0.05, 0.1) is 5.69 Å². The molecular formula is C16H13BrN2O. The molecule has 1 aromatic heterocycles. The second kappa shape index (κ2) is 5.51. The van der Waals surface area contributed by atoms with Gasteiger partial charge in [-0.25, -0.2) is 0 Å². The van der Waals surface area contributed by atoms with Crippen molar-refractivity contribution in [2.45, 2.75) is 6.61 Å². The Labute approximate surface area is 125 Å². The largest absolute Gasteiger partial charge is 0.487 e. The lowest BCUT2D eigenvalue weighted by Crippen LogP contribution is -1.99. The highest BCUT2D eigenvalue weighted by Crippen LogP contribution is 2.30. The molecule has 0 spiro atoms. The second-order valence-electron chi connectivity index (χ2n) is 4.49. The van der Waals surface area contributed by atoms with Crippen LogP contribution in [0.25, 0.3) is 10.8 Å². The van der Waals surface area contributed by atoms with Crippen LogP contribution in [-0.2, 0) is 6.61 Å². The number of halogens is 1. The number of rotatable bonds is 3. The van der Waals surface area contributed by atoms with E-state index in [9.17, 15) is 0 Å². The molecule has 2 N–H and O–H groups in total. The van der Waals surface area contributed by atoms with Crippen LogP contribution >= 0.6 is 15.9 Å². The minimum Gasteiger partial charge on any atom is -0.487 e. The number of pyridine rings is 1. The lowest BCUT2D eigenvalue weighted by atomic mass is 10.1. The molecule has 20 heavy (non-hydrogen) atoms. The van der Waals surface area contributed by atoms with Crippen LogP contribution in [0.3, 0.4) is 0 Å². The van der Waals surface area contributed by atoms with Crippen molar-refractivity contribution in [1.82, 2.24) is 4.98 Å². The van der Waals surface area contributed by atoms with Gasteiger partial charge >= 0.3 is 0 Å². The van der Waals surface area contributed by atoms with Crippen molar-refractivity contribution in [3.8, 4) is 5.75 Å². The fourth-order valence-electron chi connectivity index (χ4n) is 2.09. The van der Waals surface area contributed by atoms with E-state index in [1.54, 1.807) is 12.4 Å². The van der Waals surface area contributed by atoms with Gasteiger partial charge in [-0.3, -0.25) is 4.98 Å². The van der Waals surface area contributed by atoms with E-state index in [0.29, 0.717) is 18.0 Å². The fraction of sp³-hybridized carbons (Fsp3) is 0.0625. The first-order valence-corrected chi connectivity index (χ1v) is 7.03. The van der Waals surface area contributed by atoms with E-state index in [2.05, 4.69) is 20.9 Å². The number of aromatic nitrogens is 1. The highest BCUT2D eigenvalue weighted by molar-refractivity contribution is 9.10. The van der Waals surface area contributed by atoms with Crippen molar-refractivity contribution < 1.29 is 4.74 Å². The van der Waals surface area contributed by atoms with Gasteiger partial charge in [0.15, 0.2) is 0 Å². The smallest absolute Gasteiger partial charge is 0.143 e. The average molecular weight is 329 g/mol. The Balaban J connectivity index is 1.86. The molecule has 0 radical (unpaired) electrons. The quantitative estimate of drug-likeness (QED) is 0.734. The molecule has 0 saturated carbocycles. The van der Waals surface area contributed by atoms with Crippen LogP contribution in [0, 0.1) is 0 Å². The molecule has 0 aliphatic carbocycles. The Morgan fingerprint density at radius 3 is 2.90 bits per heavy atom. The number of ether oxygens (including phenoxy) is 1. The minimum absolute atomic E-state index is 0.486. The van der Waals surface area contributed by atoms with Gasteiger partial charge < -0.3 is 10.5 Å². The Morgan fingerprint density at radius 2 is 2.05 bits per heavy atom. The van der Waals surface area contributed by atoms with Gasteiger partial charge in [0, 0.05) is 27.6 Å². The van der Waals surface area contributed by atoms with Gasteiger partial charge in [0.25, 0.3) is 0 Å². The molecule has 0 bridgehead atoms. The number of hydrogen-bond acceptors (Lipinski definition) is 3. The summed E-state index contributed by atoms with van der Waals surface area (Å²) >= 11 is 3.45. The zero-order chi connectivity index (χ0) is 13.9. The van der Waals surface area contributed by atoms with E-state index in [4.69, 9.17) is 10.5 Å². The zero-order valence-electron chi connectivity index (χ0n) is 10.7. The molecule has 0 fully saturated rings. The first kappa shape index (κ1) is 12.9. The number of hydrogen-bond donors (Lipinski definition) is 1. The molecule has 2 aromatic carbocycles. The molecular weight excluding hydrogens is 316 g/mol. The predicted molar refractivity (Wildman–Crippen MR) is 84.6 cm³/mol. The molecule has 0 aliphatic rings. The maximum atomic E-state index is 6.15. The predicted octanol–water partition coefficient (Wildman–Crippen LogP) is 4.16. The van der Waals surface area contributed by atoms with E-state index in [0.717, 1.165) is 20.8 Å². The van der Waals surface area contributed by atoms with Gasteiger partial charge in [-0.15, -0.1) is 0 Å². The normalized spacial score (nSPS) is 10.7. The molecule has 0 saturated heterocycles. The first-order chi connectivity index (χ1) is 9.74. The van der Waals surface area contributed by atoms with Gasteiger partial charge in [-0.05, 0) is 35.9 Å². The summed E-state index contributed by atoms with van der Waals surface area (Å²) in [5.41, 5.74) is 7.89. The summed E-state index contributed by atoms with van der Waals surface area (Å²) in [6.45, 7) is 0.486. The molecule has 0 unspecified atom stereocenters. The molecule has 3 nitrogen and oxygen atoms in total. The van der Waals surface area contributed by atoms with Crippen LogP contribution in [0.4, 0.5) is 5.69 Å². The van der Waals surface area contributed by atoms with Gasteiger partial charge in [0.1, 0.15) is 12.4 Å². The van der Waals surface area contributed by atoms with E-state index in [1.165, 1.54) is 0 Å². The zero-order valence-corrected chi connectivity index (χ0v) is 12.3. The number of fused-ring (bicyclic) bond motifs is 1. The Hall–Kier alpha value is -2.07. The Morgan fingerprint density at radius 1 is 1.15 bits per heavy atom. The van der Waals surface area contributed by atoms with Crippen molar-refractivity contribution in [3.05, 3.63) is 64.9 Å². The maximum absolute atomic E-state index is 6.15. The van der Waals surface area contributed by atoms with E-state index in [1.807, 2.05) is 42.5 Å². The van der Waals surface area contributed by atoms with Crippen molar-refractivity contribution in [2.75, 3.05) is 5.73 Å². The second-order valence-corrected chi connectivity index (χ2v) is 5.41. The highest BCUT2D eigenvalue weighted by atomic mass is 79.9.